The lowest BCUT2D eigenvalue weighted by atomic mass is 10.2. The highest BCUT2D eigenvalue weighted by Crippen LogP contribution is 2.16. The number of H-pyrrole nitrogens is 1. The van der Waals surface area contributed by atoms with E-state index in [1.54, 1.807) is 12.3 Å². The van der Waals surface area contributed by atoms with Gasteiger partial charge in [-0.1, -0.05) is 6.08 Å². The van der Waals surface area contributed by atoms with E-state index >= 15 is 0 Å². The van der Waals surface area contributed by atoms with Crippen LogP contribution in [0, 0.1) is 0 Å². The minimum absolute atomic E-state index is 0.100. The molecule has 0 saturated heterocycles. The molecule has 0 aliphatic carbocycles. The fourth-order valence-electron chi connectivity index (χ4n) is 2.10. The fraction of sp³-hybridized carbons (Fsp3) is 0.250. The maximum Gasteiger partial charge on any atom is 0.173 e. The van der Waals surface area contributed by atoms with E-state index in [9.17, 15) is 8.42 Å². The molecule has 0 fully saturated rings. The minimum Gasteiger partial charge on any atom is -0.346 e. The Morgan fingerprint density at radius 1 is 1.50 bits per heavy atom. The van der Waals surface area contributed by atoms with Crippen LogP contribution < -0.4 is 5.32 Å². The first kappa shape index (κ1) is 11.4. The van der Waals surface area contributed by atoms with E-state index in [0.29, 0.717) is 6.54 Å². The summed E-state index contributed by atoms with van der Waals surface area (Å²) in [6.07, 6.45) is 5.34. The minimum atomic E-state index is -2.99. The van der Waals surface area contributed by atoms with E-state index in [-0.39, 0.29) is 11.8 Å². The van der Waals surface area contributed by atoms with Crippen molar-refractivity contribution in [2.75, 3.05) is 5.75 Å². The van der Waals surface area contributed by atoms with Crippen molar-refractivity contribution in [2.45, 2.75) is 12.6 Å². The normalized spacial score (nSPS) is 21.7. The number of nitrogens with one attached hydrogen (secondary N) is 2. The van der Waals surface area contributed by atoms with Crippen LogP contribution in [0.5, 0.6) is 0 Å². The van der Waals surface area contributed by atoms with Crippen molar-refractivity contribution in [2.24, 2.45) is 0 Å². The summed E-state index contributed by atoms with van der Waals surface area (Å²) in [5.74, 6) is 0.146. The van der Waals surface area contributed by atoms with Crippen LogP contribution in [-0.2, 0) is 16.4 Å². The van der Waals surface area contributed by atoms with Gasteiger partial charge in [-0.25, -0.2) is 13.4 Å². The fourth-order valence-corrected chi connectivity index (χ4v) is 3.37. The van der Waals surface area contributed by atoms with E-state index in [0.717, 1.165) is 16.6 Å². The molecule has 0 spiro atoms. The maximum atomic E-state index is 11.3. The Balaban J connectivity index is 1.73. The second kappa shape index (κ2) is 4.22. The third-order valence-corrected chi connectivity index (χ3v) is 4.42. The summed E-state index contributed by atoms with van der Waals surface area (Å²) in [5.41, 5.74) is 1.94. The molecule has 0 aromatic carbocycles. The zero-order chi connectivity index (χ0) is 12.6. The summed E-state index contributed by atoms with van der Waals surface area (Å²) in [4.78, 5) is 7.30. The summed E-state index contributed by atoms with van der Waals surface area (Å²) in [6, 6.07) is 3.79. The van der Waals surface area contributed by atoms with E-state index in [4.69, 9.17) is 0 Å². The van der Waals surface area contributed by atoms with Gasteiger partial charge in [-0.05, 0) is 17.7 Å². The molecule has 1 aliphatic rings. The zero-order valence-corrected chi connectivity index (χ0v) is 10.4. The standard InChI is InChI=1S/C12H13N3O2S/c16-18(17)5-3-10(8-18)14-6-9-7-15-12-11(9)2-1-4-13-12/h1-5,7,10,14H,6,8H2,(H,13,15). The number of aromatic amines is 1. The highest BCUT2D eigenvalue weighted by molar-refractivity contribution is 7.94. The molecule has 2 aromatic rings. The van der Waals surface area contributed by atoms with Gasteiger partial charge in [-0.15, -0.1) is 0 Å². The Morgan fingerprint density at radius 3 is 3.17 bits per heavy atom. The van der Waals surface area contributed by atoms with Crippen molar-refractivity contribution in [3.8, 4) is 0 Å². The van der Waals surface area contributed by atoms with Gasteiger partial charge in [0, 0.05) is 35.8 Å². The molecule has 2 aromatic heterocycles. The Kier molecular flexibility index (Phi) is 2.68. The van der Waals surface area contributed by atoms with Crippen LogP contribution >= 0.6 is 0 Å². The average Bonchev–Trinajstić information content (AvgIpc) is 2.90. The monoisotopic (exact) mass is 263 g/mol. The molecule has 0 bridgehead atoms. The van der Waals surface area contributed by atoms with E-state index in [1.165, 1.54) is 5.41 Å². The molecule has 5 nitrogen and oxygen atoms in total. The molecule has 3 heterocycles. The molecule has 2 N–H and O–H groups in total. The summed E-state index contributed by atoms with van der Waals surface area (Å²) >= 11 is 0. The van der Waals surface area contributed by atoms with Crippen molar-refractivity contribution < 1.29 is 8.42 Å². The first-order chi connectivity index (χ1) is 8.64. The Bertz CT molecular complexity index is 703. The van der Waals surface area contributed by atoms with Gasteiger partial charge >= 0.3 is 0 Å². The Labute approximate surface area is 105 Å². The molecule has 18 heavy (non-hydrogen) atoms. The first-order valence-electron chi connectivity index (χ1n) is 5.69. The van der Waals surface area contributed by atoms with Gasteiger partial charge in [0.05, 0.1) is 5.75 Å². The van der Waals surface area contributed by atoms with Crippen LogP contribution in [-0.4, -0.2) is 30.2 Å². The number of hydrogen-bond acceptors (Lipinski definition) is 4. The Morgan fingerprint density at radius 2 is 2.39 bits per heavy atom. The molecule has 3 rings (SSSR count). The summed E-state index contributed by atoms with van der Waals surface area (Å²) in [7, 11) is -2.99. The molecular weight excluding hydrogens is 250 g/mol. The smallest absolute Gasteiger partial charge is 0.173 e. The summed E-state index contributed by atoms with van der Waals surface area (Å²) in [5, 5.41) is 5.56. The number of sulfone groups is 1. The van der Waals surface area contributed by atoms with Crippen molar-refractivity contribution in [1.29, 1.82) is 0 Å². The van der Waals surface area contributed by atoms with Gasteiger partial charge < -0.3 is 10.3 Å². The maximum absolute atomic E-state index is 11.3. The molecule has 6 heteroatoms. The number of aromatic nitrogens is 2. The third-order valence-electron chi connectivity index (χ3n) is 3.02. The molecule has 0 radical (unpaired) electrons. The van der Waals surface area contributed by atoms with Gasteiger partial charge in [-0.2, -0.15) is 0 Å². The van der Waals surface area contributed by atoms with Gasteiger partial charge in [-0.3, -0.25) is 0 Å². The highest BCUT2D eigenvalue weighted by Gasteiger charge is 2.21. The van der Waals surface area contributed by atoms with Crippen LogP contribution in [0.3, 0.4) is 0 Å². The predicted molar refractivity (Wildman–Crippen MR) is 69.6 cm³/mol. The number of hydrogen-bond donors (Lipinski definition) is 2. The third kappa shape index (κ3) is 2.16. The Hall–Kier alpha value is -1.66. The molecule has 1 aliphatic heterocycles. The van der Waals surface area contributed by atoms with Crippen molar-refractivity contribution >= 4 is 20.9 Å². The zero-order valence-electron chi connectivity index (χ0n) is 9.63. The van der Waals surface area contributed by atoms with Gasteiger partial charge in [0.1, 0.15) is 5.65 Å². The van der Waals surface area contributed by atoms with Gasteiger partial charge in [0.15, 0.2) is 9.84 Å². The topological polar surface area (TPSA) is 74.8 Å². The number of rotatable bonds is 3. The average molecular weight is 263 g/mol. The summed E-state index contributed by atoms with van der Waals surface area (Å²) in [6.45, 7) is 0.621. The lowest BCUT2D eigenvalue weighted by Gasteiger charge is -2.08. The molecule has 0 saturated carbocycles. The molecule has 1 atom stereocenters. The molecular formula is C12H13N3O2S. The van der Waals surface area contributed by atoms with Crippen LogP contribution in [0.2, 0.25) is 0 Å². The van der Waals surface area contributed by atoms with Crippen molar-refractivity contribution in [1.82, 2.24) is 15.3 Å². The molecule has 1 unspecified atom stereocenters. The quantitative estimate of drug-likeness (QED) is 0.865. The number of pyridine rings is 1. The van der Waals surface area contributed by atoms with E-state index in [2.05, 4.69) is 15.3 Å². The second-order valence-electron chi connectivity index (χ2n) is 4.36. The largest absolute Gasteiger partial charge is 0.346 e. The van der Waals surface area contributed by atoms with Crippen LogP contribution in [0.15, 0.2) is 36.0 Å². The van der Waals surface area contributed by atoms with Crippen molar-refractivity contribution in [3.05, 3.63) is 41.6 Å². The first-order valence-corrected chi connectivity index (χ1v) is 7.41. The lowest BCUT2D eigenvalue weighted by Crippen LogP contribution is -2.29. The van der Waals surface area contributed by atoms with Crippen LogP contribution in [0.25, 0.3) is 11.0 Å². The SMILES string of the molecule is O=S1(=O)C=CC(NCc2c[nH]c3ncccc23)C1. The lowest BCUT2D eigenvalue weighted by molar-refractivity contribution is 0.591. The molecule has 0 amide bonds. The highest BCUT2D eigenvalue weighted by atomic mass is 32.2. The summed E-state index contributed by atoms with van der Waals surface area (Å²) < 4.78 is 22.5. The van der Waals surface area contributed by atoms with Gasteiger partial charge in [0.2, 0.25) is 0 Å². The van der Waals surface area contributed by atoms with Crippen LogP contribution in [0.4, 0.5) is 0 Å². The number of fused-ring (bicyclic) bond motifs is 1. The van der Waals surface area contributed by atoms with Crippen molar-refractivity contribution in [3.63, 3.8) is 0 Å². The van der Waals surface area contributed by atoms with E-state index < -0.39 is 9.84 Å². The van der Waals surface area contributed by atoms with E-state index in [1.807, 2.05) is 18.3 Å². The van der Waals surface area contributed by atoms with Crippen LogP contribution in [0.1, 0.15) is 5.56 Å². The predicted octanol–water partition coefficient (Wildman–Crippen LogP) is 0.963. The van der Waals surface area contributed by atoms with Gasteiger partial charge in [0.25, 0.3) is 0 Å². The number of nitrogens with zero attached hydrogens (tertiary/aromatic N) is 1. The second-order valence-corrected chi connectivity index (χ2v) is 6.29. The molecule has 94 valence electrons.